The first-order valence-electron chi connectivity index (χ1n) is 11.5. The minimum absolute atomic E-state index is 0.0379. The highest BCUT2D eigenvalue weighted by Gasteiger charge is 2.61. The maximum atomic E-state index is 15.1. The summed E-state index contributed by atoms with van der Waals surface area (Å²) in [6.07, 6.45) is -8.37. The van der Waals surface area contributed by atoms with Gasteiger partial charge < -0.3 is 23.8 Å². The molecule has 1 saturated heterocycles. The minimum atomic E-state index is -5.96. The maximum Gasteiger partial charge on any atom is 0.499 e. The zero-order chi connectivity index (χ0) is 29.6. The number of aromatic nitrogens is 6. The smallest absolute Gasteiger partial charge is 0.480 e. The van der Waals surface area contributed by atoms with E-state index in [9.17, 15) is 22.0 Å². The van der Waals surface area contributed by atoms with E-state index in [1.165, 1.54) is 48.3 Å². The Morgan fingerprint density at radius 1 is 1.00 bits per heavy atom. The molecule has 4 aromatic rings. The number of hydrogen-bond donors (Lipinski definition) is 0. The van der Waals surface area contributed by atoms with Gasteiger partial charge in [0.2, 0.25) is 11.8 Å². The summed E-state index contributed by atoms with van der Waals surface area (Å²) in [4.78, 5) is 17.2. The molecule has 41 heavy (non-hydrogen) atoms. The number of rotatable bonds is 8. The predicted molar refractivity (Wildman–Crippen MR) is 125 cm³/mol. The van der Waals surface area contributed by atoms with E-state index in [1.807, 2.05) is 0 Å². The average molecular weight is 589 g/mol. The van der Waals surface area contributed by atoms with Crippen molar-refractivity contribution >= 4 is 11.3 Å². The molecule has 0 saturated carbocycles. The lowest BCUT2D eigenvalue weighted by Crippen LogP contribution is -2.41. The molecule has 1 aliphatic heterocycles. The van der Waals surface area contributed by atoms with Crippen LogP contribution in [0.4, 0.5) is 36.4 Å². The molecule has 0 amide bonds. The van der Waals surface area contributed by atoms with Crippen molar-refractivity contribution in [3.05, 3.63) is 43.0 Å². The SMILES string of the molecule is COc1ncc(-c2cc(N3CC(Oc4ccc(OC(F)(F)C(F)(F)F)cn4)C(F)(F)C3)c3nccn3n2)c(OC)n1. The van der Waals surface area contributed by atoms with Crippen molar-refractivity contribution < 1.29 is 49.7 Å². The fraction of sp³-hybridized carbons (Fsp3) is 0.348. The zero-order valence-electron chi connectivity index (χ0n) is 20.9. The first-order valence-corrected chi connectivity index (χ1v) is 11.5. The molecule has 1 atom stereocenters. The molecular formula is C23H18F7N7O4. The zero-order valence-corrected chi connectivity index (χ0v) is 20.9. The fourth-order valence-corrected chi connectivity index (χ4v) is 3.95. The van der Waals surface area contributed by atoms with Crippen LogP contribution in [-0.2, 0) is 0 Å². The van der Waals surface area contributed by atoms with Crippen LogP contribution >= 0.6 is 0 Å². The average Bonchev–Trinajstić information content (AvgIpc) is 3.51. The van der Waals surface area contributed by atoms with Crippen molar-refractivity contribution in [3.8, 4) is 34.8 Å². The molecule has 218 valence electrons. The van der Waals surface area contributed by atoms with Crippen LogP contribution in [0.5, 0.6) is 23.5 Å². The highest BCUT2D eigenvalue weighted by molar-refractivity contribution is 5.76. The standard InChI is InChI=1S/C23H18F7N7O4/c1-38-19-13(9-33-20(34-19)39-2)14-7-15(18-31-5-6-37(18)35-14)36-10-16(21(24,25)11-36)40-17-4-3-12(8-32-17)41-23(29,30)22(26,27)28/h3-9,16H,10-11H2,1-2H3. The molecule has 1 aliphatic rings. The predicted octanol–water partition coefficient (Wildman–Crippen LogP) is 4.04. The third-order valence-electron chi connectivity index (χ3n) is 5.87. The summed E-state index contributed by atoms with van der Waals surface area (Å²) in [5, 5.41) is 4.44. The van der Waals surface area contributed by atoms with Gasteiger partial charge in [-0.05, 0) is 12.1 Å². The maximum absolute atomic E-state index is 15.1. The summed E-state index contributed by atoms with van der Waals surface area (Å²) in [6, 6.07) is 3.07. The van der Waals surface area contributed by atoms with Gasteiger partial charge in [-0.2, -0.15) is 32.0 Å². The van der Waals surface area contributed by atoms with Crippen LogP contribution in [0.3, 0.4) is 0 Å². The van der Waals surface area contributed by atoms with Gasteiger partial charge >= 0.3 is 24.2 Å². The van der Waals surface area contributed by atoms with E-state index in [1.54, 1.807) is 0 Å². The van der Waals surface area contributed by atoms with Gasteiger partial charge in [-0.25, -0.2) is 28.2 Å². The number of pyridine rings is 1. The van der Waals surface area contributed by atoms with Crippen LogP contribution < -0.4 is 23.8 Å². The van der Waals surface area contributed by atoms with Crippen molar-refractivity contribution in [3.63, 3.8) is 0 Å². The van der Waals surface area contributed by atoms with Gasteiger partial charge in [-0.3, -0.25) is 0 Å². The van der Waals surface area contributed by atoms with Crippen LogP contribution in [0.25, 0.3) is 16.9 Å². The number of imidazole rings is 1. The van der Waals surface area contributed by atoms with E-state index in [-0.39, 0.29) is 35.5 Å². The Labute approximate surface area is 225 Å². The molecule has 5 heterocycles. The summed E-state index contributed by atoms with van der Waals surface area (Å²) in [5.74, 6) is -4.70. The number of ether oxygens (including phenoxy) is 4. The molecule has 1 unspecified atom stereocenters. The molecule has 0 spiro atoms. The third-order valence-corrected chi connectivity index (χ3v) is 5.87. The number of alkyl halides is 7. The second-order valence-corrected chi connectivity index (χ2v) is 8.59. The molecule has 5 rings (SSSR count). The topological polar surface area (TPSA) is 109 Å². The highest BCUT2D eigenvalue weighted by Crippen LogP contribution is 2.39. The van der Waals surface area contributed by atoms with Crippen molar-refractivity contribution in [1.82, 2.24) is 29.5 Å². The van der Waals surface area contributed by atoms with E-state index in [4.69, 9.17) is 14.2 Å². The highest BCUT2D eigenvalue weighted by atomic mass is 19.4. The number of hydrogen-bond acceptors (Lipinski definition) is 10. The summed E-state index contributed by atoms with van der Waals surface area (Å²) in [6.45, 7) is -1.18. The van der Waals surface area contributed by atoms with Crippen LogP contribution in [-0.4, -0.2) is 81.2 Å². The third kappa shape index (κ3) is 5.40. The van der Waals surface area contributed by atoms with Crippen LogP contribution in [0.1, 0.15) is 0 Å². The van der Waals surface area contributed by atoms with Crippen LogP contribution in [0.2, 0.25) is 0 Å². The van der Waals surface area contributed by atoms with Crippen molar-refractivity contribution in [1.29, 1.82) is 0 Å². The number of methoxy groups -OCH3 is 2. The van der Waals surface area contributed by atoms with E-state index >= 15 is 8.78 Å². The Morgan fingerprint density at radius 2 is 1.78 bits per heavy atom. The molecule has 0 bridgehead atoms. The first-order chi connectivity index (χ1) is 19.3. The lowest BCUT2D eigenvalue weighted by atomic mass is 10.2. The fourth-order valence-electron chi connectivity index (χ4n) is 3.95. The molecule has 18 heteroatoms. The van der Waals surface area contributed by atoms with Crippen LogP contribution in [0, 0.1) is 0 Å². The number of halogens is 7. The van der Waals surface area contributed by atoms with Crippen molar-refractivity contribution in [2.45, 2.75) is 24.3 Å². The lowest BCUT2D eigenvalue weighted by molar-refractivity contribution is -0.360. The van der Waals surface area contributed by atoms with Gasteiger partial charge in [0, 0.05) is 24.7 Å². The Hall–Kier alpha value is -4.64. The van der Waals surface area contributed by atoms with E-state index < -0.39 is 42.5 Å². The first kappa shape index (κ1) is 27.9. The number of anilines is 1. The number of nitrogens with zero attached hydrogens (tertiary/aromatic N) is 7. The van der Waals surface area contributed by atoms with Crippen molar-refractivity contribution in [2.75, 3.05) is 32.2 Å². The van der Waals surface area contributed by atoms with Gasteiger partial charge in [0.25, 0.3) is 0 Å². The van der Waals surface area contributed by atoms with Crippen LogP contribution in [0.15, 0.2) is 43.0 Å². The Bertz CT molecular complexity index is 1550. The van der Waals surface area contributed by atoms with E-state index in [0.717, 1.165) is 6.07 Å². The summed E-state index contributed by atoms with van der Waals surface area (Å²) < 4.78 is 114. The van der Waals surface area contributed by atoms with Gasteiger partial charge in [0.05, 0.1) is 44.8 Å². The molecule has 0 N–H and O–H groups in total. The summed E-state index contributed by atoms with van der Waals surface area (Å²) >= 11 is 0. The quantitative estimate of drug-likeness (QED) is 0.280. The Balaban J connectivity index is 1.40. The van der Waals surface area contributed by atoms with Gasteiger partial charge in [0.15, 0.2) is 11.8 Å². The molecule has 1 fully saturated rings. The minimum Gasteiger partial charge on any atom is -0.480 e. The Morgan fingerprint density at radius 3 is 2.44 bits per heavy atom. The summed E-state index contributed by atoms with van der Waals surface area (Å²) in [5.41, 5.74) is 1.12. The monoisotopic (exact) mass is 589 g/mol. The van der Waals surface area contributed by atoms with Gasteiger partial charge in [-0.15, -0.1) is 0 Å². The second kappa shape index (κ2) is 10.1. The largest absolute Gasteiger partial charge is 0.499 e. The normalized spacial score (nSPS) is 17.1. The molecule has 0 aromatic carbocycles. The second-order valence-electron chi connectivity index (χ2n) is 8.59. The molecule has 0 radical (unpaired) electrons. The lowest BCUT2D eigenvalue weighted by Gasteiger charge is -2.21. The van der Waals surface area contributed by atoms with Gasteiger partial charge in [0.1, 0.15) is 11.4 Å². The van der Waals surface area contributed by atoms with E-state index in [0.29, 0.717) is 17.8 Å². The number of fused-ring (bicyclic) bond motifs is 1. The Kier molecular flexibility index (Phi) is 6.86. The summed E-state index contributed by atoms with van der Waals surface area (Å²) in [7, 11) is 2.75. The van der Waals surface area contributed by atoms with Crippen molar-refractivity contribution in [2.24, 2.45) is 0 Å². The molecule has 4 aromatic heterocycles. The molecule has 0 aliphatic carbocycles. The molecule has 11 nitrogen and oxygen atoms in total. The molecular weight excluding hydrogens is 571 g/mol. The van der Waals surface area contributed by atoms with E-state index in [2.05, 4.69) is 29.8 Å². The van der Waals surface area contributed by atoms with Gasteiger partial charge in [-0.1, -0.05) is 0 Å².